The van der Waals surface area contributed by atoms with E-state index >= 15 is 0 Å². The smallest absolute Gasteiger partial charge is 0.224 e. The lowest BCUT2D eigenvalue weighted by molar-refractivity contribution is -0.131. The van der Waals surface area contributed by atoms with Gasteiger partial charge in [0.25, 0.3) is 0 Å². The van der Waals surface area contributed by atoms with Gasteiger partial charge in [0.05, 0.1) is 12.8 Å². The van der Waals surface area contributed by atoms with E-state index in [2.05, 4.69) is 10.6 Å². The van der Waals surface area contributed by atoms with Crippen molar-refractivity contribution in [1.82, 2.24) is 10.2 Å². The Morgan fingerprint density at radius 3 is 2.90 bits per heavy atom. The van der Waals surface area contributed by atoms with Gasteiger partial charge in [-0.1, -0.05) is 11.6 Å². The summed E-state index contributed by atoms with van der Waals surface area (Å²) in [6, 6.07) is 5.38. The number of piperazine rings is 1. The monoisotopic (exact) mass is 297 g/mol. The fourth-order valence-electron chi connectivity index (χ4n) is 2.19. The predicted molar refractivity (Wildman–Crippen MR) is 80.6 cm³/mol. The molecule has 110 valence electrons. The topological polar surface area (TPSA) is 53.6 Å². The second-order valence-corrected chi connectivity index (χ2v) is 5.09. The number of nitrogens with zero attached hydrogens (tertiary/aromatic N) is 1. The van der Waals surface area contributed by atoms with Crippen molar-refractivity contribution in [1.29, 1.82) is 0 Å². The molecule has 1 aliphatic rings. The van der Waals surface area contributed by atoms with Gasteiger partial charge in [-0.3, -0.25) is 4.79 Å². The quantitative estimate of drug-likeness (QED) is 0.866. The van der Waals surface area contributed by atoms with Crippen molar-refractivity contribution in [3.63, 3.8) is 0 Å². The van der Waals surface area contributed by atoms with E-state index in [4.69, 9.17) is 16.3 Å². The summed E-state index contributed by atoms with van der Waals surface area (Å²) in [5, 5.41) is 7.08. The molecule has 0 bridgehead atoms. The third kappa shape index (κ3) is 4.02. The molecule has 0 radical (unpaired) electrons. The molecule has 0 saturated carbocycles. The standard InChI is InChI=1S/C14H20ClN3O2/c1-20-13-3-2-11(15)10-12(13)17-5-4-14(19)18-8-6-16-7-9-18/h2-3,10,16-17H,4-9H2,1H3. The van der Waals surface area contributed by atoms with Crippen LogP contribution in [0.2, 0.25) is 5.02 Å². The average Bonchev–Trinajstić information content (AvgIpc) is 2.48. The molecule has 0 unspecified atom stereocenters. The van der Waals surface area contributed by atoms with Crippen LogP contribution >= 0.6 is 11.6 Å². The number of nitrogens with one attached hydrogen (secondary N) is 2. The van der Waals surface area contributed by atoms with Crippen LogP contribution < -0.4 is 15.4 Å². The zero-order valence-electron chi connectivity index (χ0n) is 11.6. The third-order valence-corrected chi connectivity index (χ3v) is 3.52. The highest BCUT2D eigenvalue weighted by molar-refractivity contribution is 6.30. The molecule has 1 aromatic carbocycles. The molecule has 0 atom stereocenters. The summed E-state index contributed by atoms with van der Waals surface area (Å²) in [6.45, 7) is 3.90. The van der Waals surface area contributed by atoms with E-state index in [0.717, 1.165) is 37.6 Å². The maximum absolute atomic E-state index is 12.0. The minimum atomic E-state index is 0.181. The molecule has 0 aliphatic carbocycles. The highest BCUT2D eigenvalue weighted by Crippen LogP contribution is 2.27. The van der Waals surface area contributed by atoms with E-state index in [1.54, 1.807) is 19.2 Å². The van der Waals surface area contributed by atoms with Gasteiger partial charge >= 0.3 is 0 Å². The van der Waals surface area contributed by atoms with E-state index in [-0.39, 0.29) is 5.91 Å². The Bertz CT molecular complexity index is 462. The molecule has 1 heterocycles. The summed E-state index contributed by atoms with van der Waals surface area (Å²) in [7, 11) is 1.61. The largest absolute Gasteiger partial charge is 0.495 e. The van der Waals surface area contributed by atoms with Crippen molar-refractivity contribution < 1.29 is 9.53 Å². The summed E-state index contributed by atoms with van der Waals surface area (Å²) in [5.41, 5.74) is 0.813. The second-order valence-electron chi connectivity index (χ2n) is 4.65. The van der Waals surface area contributed by atoms with Gasteiger partial charge in [-0.2, -0.15) is 0 Å². The number of halogens is 1. The number of amides is 1. The first-order chi connectivity index (χ1) is 9.70. The van der Waals surface area contributed by atoms with Crippen molar-refractivity contribution in [2.75, 3.05) is 45.2 Å². The lowest BCUT2D eigenvalue weighted by atomic mass is 10.2. The van der Waals surface area contributed by atoms with Crippen LogP contribution in [-0.2, 0) is 4.79 Å². The molecular weight excluding hydrogens is 278 g/mol. The number of hydrogen-bond donors (Lipinski definition) is 2. The minimum absolute atomic E-state index is 0.181. The highest BCUT2D eigenvalue weighted by Gasteiger charge is 2.15. The molecule has 1 amide bonds. The van der Waals surface area contributed by atoms with E-state index in [0.29, 0.717) is 18.0 Å². The van der Waals surface area contributed by atoms with Gasteiger partial charge in [-0.05, 0) is 18.2 Å². The molecule has 5 nitrogen and oxygen atoms in total. The maximum atomic E-state index is 12.0. The lowest BCUT2D eigenvalue weighted by Crippen LogP contribution is -2.46. The highest BCUT2D eigenvalue weighted by atomic mass is 35.5. The van der Waals surface area contributed by atoms with Crippen molar-refractivity contribution in [3.05, 3.63) is 23.2 Å². The van der Waals surface area contributed by atoms with Gasteiger partial charge in [-0.25, -0.2) is 0 Å². The van der Waals surface area contributed by atoms with E-state index in [1.807, 2.05) is 11.0 Å². The molecule has 1 fully saturated rings. The molecule has 1 saturated heterocycles. The number of rotatable bonds is 5. The van der Waals surface area contributed by atoms with Crippen LogP contribution in [0.3, 0.4) is 0 Å². The maximum Gasteiger partial charge on any atom is 0.224 e. The fourth-order valence-corrected chi connectivity index (χ4v) is 2.37. The third-order valence-electron chi connectivity index (χ3n) is 3.29. The first kappa shape index (κ1) is 14.9. The van der Waals surface area contributed by atoms with E-state index in [1.165, 1.54) is 0 Å². The van der Waals surface area contributed by atoms with Crippen molar-refractivity contribution in [2.45, 2.75) is 6.42 Å². The number of carbonyl (C=O) groups excluding carboxylic acids is 1. The Hall–Kier alpha value is -1.46. The Balaban J connectivity index is 1.83. The minimum Gasteiger partial charge on any atom is -0.495 e. The first-order valence-electron chi connectivity index (χ1n) is 6.76. The summed E-state index contributed by atoms with van der Waals surface area (Å²) in [6.07, 6.45) is 0.468. The number of anilines is 1. The molecule has 0 spiro atoms. The molecule has 2 rings (SSSR count). The van der Waals surface area contributed by atoms with Crippen molar-refractivity contribution >= 4 is 23.2 Å². The van der Waals surface area contributed by atoms with E-state index < -0.39 is 0 Å². The van der Waals surface area contributed by atoms with Crippen molar-refractivity contribution in [3.8, 4) is 5.75 Å². The molecule has 2 N–H and O–H groups in total. The van der Waals surface area contributed by atoms with Crippen LogP contribution in [0.1, 0.15) is 6.42 Å². The molecule has 0 aromatic heterocycles. The van der Waals surface area contributed by atoms with Crippen molar-refractivity contribution in [2.24, 2.45) is 0 Å². The molecule has 6 heteroatoms. The Labute approximate surface area is 124 Å². The fraction of sp³-hybridized carbons (Fsp3) is 0.500. The number of methoxy groups -OCH3 is 1. The van der Waals surface area contributed by atoms with Crippen LogP contribution in [-0.4, -0.2) is 50.6 Å². The average molecular weight is 298 g/mol. The number of carbonyl (C=O) groups is 1. The Morgan fingerprint density at radius 2 is 2.20 bits per heavy atom. The van der Waals surface area contributed by atoms with Gasteiger partial charge in [0.1, 0.15) is 5.75 Å². The summed E-state index contributed by atoms with van der Waals surface area (Å²) in [5.74, 6) is 0.906. The molecule has 20 heavy (non-hydrogen) atoms. The second kappa shape index (κ2) is 7.36. The number of hydrogen-bond acceptors (Lipinski definition) is 4. The van der Waals surface area contributed by atoms with Gasteiger partial charge in [0, 0.05) is 44.2 Å². The van der Waals surface area contributed by atoms with Crippen LogP contribution in [0.25, 0.3) is 0 Å². The summed E-state index contributed by atoms with van der Waals surface area (Å²) in [4.78, 5) is 13.9. The lowest BCUT2D eigenvalue weighted by Gasteiger charge is -2.27. The van der Waals surface area contributed by atoms with Crippen LogP contribution in [0, 0.1) is 0 Å². The van der Waals surface area contributed by atoms with Crippen LogP contribution in [0.4, 0.5) is 5.69 Å². The Morgan fingerprint density at radius 1 is 1.45 bits per heavy atom. The van der Waals surface area contributed by atoms with Crippen LogP contribution in [0.15, 0.2) is 18.2 Å². The Kier molecular flexibility index (Phi) is 5.49. The van der Waals surface area contributed by atoms with E-state index in [9.17, 15) is 4.79 Å². The number of benzene rings is 1. The molecule has 1 aromatic rings. The zero-order valence-corrected chi connectivity index (χ0v) is 12.4. The van der Waals surface area contributed by atoms with Gasteiger partial charge in [0.2, 0.25) is 5.91 Å². The van der Waals surface area contributed by atoms with Crippen LogP contribution in [0.5, 0.6) is 5.75 Å². The molecule has 1 aliphatic heterocycles. The predicted octanol–water partition coefficient (Wildman–Crippen LogP) is 1.58. The van der Waals surface area contributed by atoms with Gasteiger partial charge in [0.15, 0.2) is 0 Å². The SMILES string of the molecule is COc1ccc(Cl)cc1NCCC(=O)N1CCNCC1. The summed E-state index contributed by atoms with van der Waals surface area (Å²) >= 11 is 5.96. The zero-order chi connectivity index (χ0) is 14.4. The van der Waals surface area contributed by atoms with Gasteiger partial charge in [-0.15, -0.1) is 0 Å². The normalized spacial score (nSPS) is 15.0. The summed E-state index contributed by atoms with van der Waals surface area (Å²) < 4.78 is 5.25. The van der Waals surface area contributed by atoms with Gasteiger partial charge < -0.3 is 20.3 Å². The number of ether oxygens (including phenoxy) is 1. The first-order valence-corrected chi connectivity index (χ1v) is 7.14. The molecular formula is C14H20ClN3O2.